The Kier molecular flexibility index (Phi) is 14.5. The van der Waals surface area contributed by atoms with Crippen LogP contribution in [0, 0.1) is 23.7 Å². The molecule has 14 nitrogen and oxygen atoms in total. The van der Waals surface area contributed by atoms with Crippen molar-refractivity contribution in [2.24, 2.45) is 23.7 Å². The van der Waals surface area contributed by atoms with Gasteiger partial charge in [-0.1, -0.05) is 27.7 Å². The predicted molar refractivity (Wildman–Crippen MR) is 182 cm³/mol. The number of carbonyl (C=O) groups is 2. The first kappa shape index (κ1) is 43.1. The van der Waals surface area contributed by atoms with Gasteiger partial charge in [-0.3, -0.25) is 9.59 Å². The molecule has 3 aliphatic heterocycles. The average molecular weight is 720 g/mol. The highest BCUT2D eigenvalue weighted by Crippen LogP contribution is 2.40. The number of likely N-dealkylation sites (N-methyl/N-ethyl adjacent to an activating group) is 1. The summed E-state index contributed by atoms with van der Waals surface area (Å²) < 4.78 is 36.9. The minimum atomic E-state index is -1.99. The summed E-state index contributed by atoms with van der Waals surface area (Å²) in [7, 11) is 3.20. The Balaban J connectivity index is 2.17. The number of cyclic esters (lactones) is 1. The highest BCUT2D eigenvalue weighted by atomic mass is 16.7. The zero-order valence-corrected chi connectivity index (χ0v) is 32.0. The molecule has 3 aliphatic rings. The van der Waals surface area contributed by atoms with Gasteiger partial charge in [-0.15, -0.1) is 0 Å². The Morgan fingerprint density at radius 3 is 2.08 bits per heavy atom. The van der Waals surface area contributed by atoms with Gasteiger partial charge in [-0.2, -0.15) is 0 Å². The summed E-state index contributed by atoms with van der Waals surface area (Å²) in [6.45, 7) is 16.3. The lowest BCUT2D eigenvalue weighted by atomic mass is 9.74. The van der Waals surface area contributed by atoms with Crippen LogP contribution in [0.25, 0.3) is 0 Å². The Bertz CT molecular complexity index is 1140. The van der Waals surface area contributed by atoms with Gasteiger partial charge in [0.05, 0.1) is 47.6 Å². The van der Waals surface area contributed by atoms with E-state index < -0.39 is 108 Å². The maximum Gasteiger partial charge on any atom is 0.311 e. The molecule has 14 heteroatoms. The molecule has 0 aromatic carbocycles. The molecular formula is C36H65NO13. The molecule has 292 valence electrons. The number of hydrogen-bond acceptors (Lipinski definition) is 14. The van der Waals surface area contributed by atoms with E-state index in [0.29, 0.717) is 6.42 Å². The van der Waals surface area contributed by atoms with Gasteiger partial charge in [0.1, 0.15) is 29.7 Å². The standard InChI is InChI=1S/C36H65NO13/c1-13-24-36(10,44)29(40)19(4)26(38)17(2)15-34(8,43)31(50-33-27(39)23(37-11)14-18(3)46-33)20(5)28(21(6)32(42)48-24)49-25-16-35(9,45-12)30(41)22(7)47-25/h17-25,27-31,33,37,39-41,43-44H,13-16H2,1-12H3/t17-,18-,19+,20-,21-,22+,23+,24-,25+,27-,28+,29+,30+,31-,33+,34-,35-,36-/m1/s1. The van der Waals surface area contributed by atoms with Crippen LogP contribution in [-0.2, 0) is 38.0 Å². The maximum atomic E-state index is 14.0. The molecule has 0 bridgehead atoms. The molecule has 0 spiro atoms. The second-order valence-corrected chi connectivity index (χ2v) is 15.8. The number of ketones is 1. The van der Waals surface area contributed by atoms with Crippen molar-refractivity contribution in [3.63, 3.8) is 0 Å². The third-order valence-corrected chi connectivity index (χ3v) is 11.6. The lowest BCUT2D eigenvalue weighted by molar-refractivity contribution is -0.316. The number of methoxy groups -OCH3 is 1. The summed E-state index contributed by atoms with van der Waals surface area (Å²) in [6.07, 6.45) is -9.76. The minimum Gasteiger partial charge on any atom is -0.459 e. The lowest BCUT2D eigenvalue weighted by Crippen LogP contribution is -2.61. The van der Waals surface area contributed by atoms with E-state index in [0.717, 1.165) is 0 Å². The monoisotopic (exact) mass is 719 g/mol. The van der Waals surface area contributed by atoms with E-state index in [9.17, 15) is 35.1 Å². The normalized spacial score (nSPS) is 50.4. The molecule has 0 aliphatic carbocycles. The van der Waals surface area contributed by atoms with Crippen molar-refractivity contribution in [2.75, 3.05) is 14.2 Å². The van der Waals surface area contributed by atoms with Gasteiger partial charge >= 0.3 is 5.97 Å². The van der Waals surface area contributed by atoms with Crippen molar-refractivity contribution >= 4 is 11.8 Å². The topological polar surface area (TPSA) is 203 Å². The Morgan fingerprint density at radius 1 is 0.900 bits per heavy atom. The van der Waals surface area contributed by atoms with Crippen molar-refractivity contribution in [1.29, 1.82) is 0 Å². The quantitative estimate of drug-likeness (QED) is 0.206. The summed E-state index contributed by atoms with van der Waals surface area (Å²) in [5, 5.41) is 60.4. The smallest absolute Gasteiger partial charge is 0.311 e. The molecule has 6 N–H and O–H groups in total. The summed E-state index contributed by atoms with van der Waals surface area (Å²) in [5.41, 5.74) is -4.84. The van der Waals surface area contributed by atoms with Crippen LogP contribution >= 0.6 is 0 Å². The van der Waals surface area contributed by atoms with Crippen LogP contribution in [0.2, 0.25) is 0 Å². The number of aliphatic hydroxyl groups excluding tert-OH is 3. The largest absolute Gasteiger partial charge is 0.459 e. The van der Waals surface area contributed by atoms with Crippen LogP contribution in [0.15, 0.2) is 0 Å². The maximum absolute atomic E-state index is 14.0. The lowest BCUT2D eigenvalue weighted by Gasteiger charge is -2.48. The number of esters is 1. The fraction of sp³-hybridized carbons (Fsp3) is 0.944. The summed E-state index contributed by atoms with van der Waals surface area (Å²) in [6, 6.07) is -0.375. The number of nitrogens with one attached hydrogen (secondary N) is 1. The van der Waals surface area contributed by atoms with Gasteiger partial charge in [-0.05, 0) is 67.9 Å². The molecule has 18 atom stereocenters. The Labute approximate surface area is 297 Å². The van der Waals surface area contributed by atoms with E-state index in [2.05, 4.69) is 5.32 Å². The second-order valence-electron chi connectivity index (χ2n) is 15.8. The molecule has 50 heavy (non-hydrogen) atoms. The molecular weight excluding hydrogens is 654 g/mol. The van der Waals surface area contributed by atoms with E-state index in [4.69, 9.17) is 28.4 Å². The van der Waals surface area contributed by atoms with Gasteiger partial charge < -0.3 is 59.3 Å². The molecule has 3 fully saturated rings. The summed E-state index contributed by atoms with van der Waals surface area (Å²) in [4.78, 5) is 27.8. The van der Waals surface area contributed by atoms with E-state index in [1.54, 1.807) is 48.6 Å². The molecule has 0 aromatic rings. The third kappa shape index (κ3) is 9.07. The highest BCUT2D eigenvalue weighted by molar-refractivity contribution is 5.83. The first-order chi connectivity index (χ1) is 23.1. The average Bonchev–Trinajstić information content (AvgIpc) is 3.05. The number of Topliss-reactive ketones (excluding diaryl/α,β-unsaturated/α-hetero) is 1. The molecule has 0 amide bonds. The van der Waals surface area contributed by atoms with Crippen molar-refractivity contribution in [3.8, 4) is 0 Å². The minimum absolute atomic E-state index is 0.0929. The second kappa shape index (κ2) is 16.8. The van der Waals surface area contributed by atoms with Crippen molar-refractivity contribution in [3.05, 3.63) is 0 Å². The van der Waals surface area contributed by atoms with E-state index in [1.165, 1.54) is 27.9 Å². The molecule has 3 saturated heterocycles. The van der Waals surface area contributed by atoms with Gasteiger partial charge in [0.15, 0.2) is 12.6 Å². The van der Waals surface area contributed by atoms with E-state index >= 15 is 0 Å². The molecule has 3 rings (SSSR count). The van der Waals surface area contributed by atoms with E-state index in [-0.39, 0.29) is 31.4 Å². The Hall–Kier alpha value is -1.30. The van der Waals surface area contributed by atoms with Crippen LogP contribution in [0.1, 0.15) is 94.9 Å². The van der Waals surface area contributed by atoms with Crippen molar-refractivity contribution < 1.29 is 63.5 Å². The van der Waals surface area contributed by atoms with Crippen molar-refractivity contribution in [2.45, 2.75) is 179 Å². The van der Waals surface area contributed by atoms with Gasteiger partial charge in [-0.25, -0.2) is 0 Å². The third-order valence-electron chi connectivity index (χ3n) is 11.6. The first-order valence-corrected chi connectivity index (χ1v) is 18.1. The van der Waals surface area contributed by atoms with Gasteiger partial charge in [0.2, 0.25) is 0 Å². The first-order valence-electron chi connectivity index (χ1n) is 18.1. The zero-order valence-electron chi connectivity index (χ0n) is 32.0. The van der Waals surface area contributed by atoms with Crippen LogP contribution in [0.3, 0.4) is 0 Å². The number of carbonyl (C=O) groups excluding carboxylic acids is 2. The number of ether oxygens (including phenoxy) is 6. The molecule has 0 unspecified atom stereocenters. The van der Waals surface area contributed by atoms with Crippen LogP contribution < -0.4 is 5.32 Å². The Morgan fingerprint density at radius 2 is 1.52 bits per heavy atom. The van der Waals surface area contributed by atoms with Crippen LogP contribution in [0.5, 0.6) is 0 Å². The van der Waals surface area contributed by atoms with Crippen molar-refractivity contribution in [1.82, 2.24) is 5.32 Å². The SMILES string of the molecule is CC[C@H]1OC(=O)[C@H](C)[C@@H](O[C@H]2C[C@@](C)(OC)[C@@H](O)[C@H](C)O2)[C@@H](C)[C@@H](O[C@@H]2O[C@H](C)C[C@H](NC)[C@H]2O)[C@](C)(O)C[C@@H](C)C(=O)[C@H](C)[C@H](O)[C@]1(C)O. The molecule has 0 saturated carbocycles. The number of hydrogen-bond donors (Lipinski definition) is 6. The highest BCUT2D eigenvalue weighted by Gasteiger charge is 2.53. The molecule has 0 radical (unpaired) electrons. The van der Waals surface area contributed by atoms with Crippen LogP contribution in [0.4, 0.5) is 0 Å². The fourth-order valence-electron chi connectivity index (χ4n) is 8.21. The fourth-order valence-corrected chi connectivity index (χ4v) is 8.21. The summed E-state index contributed by atoms with van der Waals surface area (Å²) >= 11 is 0. The summed E-state index contributed by atoms with van der Waals surface area (Å²) in [5.74, 6) is -4.98. The van der Waals surface area contributed by atoms with Gasteiger partial charge in [0.25, 0.3) is 0 Å². The van der Waals surface area contributed by atoms with E-state index in [1.807, 2.05) is 6.92 Å². The molecule has 3 heterocycles. The number of rotatable bonds is 7. The zero-order chi connectivity index (χ0) is 38.1. The predicted octanol–water partition coefficient (Wildman–Crippen LogP) is 1.44. The number of aliphatic hydroxyl groups is 5. The molecule has 0 aromatic heterocycles. The van der Waals surface area contributed by atoms with Crippen LogP contribution in [-0.4, -0.2) is 136 Å². The van der Waals surface area contributed by atoms with Gasteiger partial charge in [0, 0.05) is 37.3 Å².